The zero-order valence-corrected chi connectivity index (χ0v) is 81.6. The molecule has 2 radical (unpaired) electrons. The molecule has 19 aromatic rings. The van der Waals surface area contributed by atoms with Crippen LogP contribution in [0.1, 0.15) is 83.1 Å². The van der Waals surface area contributed by atoms with Crippen LogP contribution >= 0.6 is 0 Å². The van der Waals surface area contributed by atoms with Gasteiger partial charge in [-0.25, -0.2) is 11.1 Å². The fourth-order valence-corrected chi connectivity index (χ4v) is 18.6. The van der Waals surface area contributed by atoms with Gasteiger partial charge in [-0.15, -0.1) is 96.1 Å². The minimum absolute atomic E-state index is 0. The number of aromatic hydroxyl groups is 2. The van der Waals surface area contributed by atoms with Crippen LogP contribution in [0, 0.1) is 49.2 Å². The Labute approximate surface area is 847 Å². The van der Waals surface area contributed by atoms with Gasteiger partial charge in [-0.3, -0.25) is 29.9 Å². The van der Waals surface area contributed by atoms with Crippen molar-refractivity contribution in [2.75, 3.05) is 0 Å². The molecular weight excluding hydrogens is 1860 g/mol. The summed E-state index contributed by atoms with van der Waals surface area (Å²) in [6.45, 7) is 12.5. The minimum Gasteiger partial charge on any atom is -0.507 e. The molecule has 684 valence electrons. The zero-order chi connectivity index (χ0) is 91.3. The van der Waals surface area contributed by atoms with Gasteiger partial charge < -0.3 is 23.1 Å². The van der Waals surface area contributed by atoms with Gasteiger partial charge in [-0.05, 0) is 84.3 Å². The molecule has 2 aliphatic carbocycles. The first-order valence-corrected chi connectivity index (χ1v) is 46.4. The van der Waals surface area contributed by atoms with Crippen molar-refractivity contribution < 1.29 is 76.2 Å². The first-order valence-electron chi connectivity index (χ1n) is 44.9. The Hall–Kier alpha value is -13.4. The molecule has 0 saturated heterocycles. The summed E-state index contributed by atoms with van der Waals surface area (Å²) in [4.78, 5) is 27.5. The molecule has 13 aromatic carbocycles. The SMILES string of the molecule is CCCC1(CC)c2ccc(-c3[c-]c(-c4ccccn4)ccc3)nc2-c2c(O)cccc21.C[CH-]C.C[CH-]C.Oc1cccc2c1-c1nc(-c3[c-]c(-c4ccccn4)ccc3)ccc1CC2.[B](c1ccccc1)c1ccccc1.[Ni+2].[Ni+2].[Ni].[Ni].[c-]1ccccc1-c1[c-]c(-c2ccccn2)ccc1.[c-]1ccccc1-c1[c-]c(-c2ccccn2)ccc1.c1ccc([Si](c2ccccc2)c2ccccc2)cc1. The van der Waals surface area contributed by atoms with E-state index in [1.807, 2.05) is 265 Å². The summed E-state index contributed by atoms with van der Waals surface area (Å²) in [6.07, 6.45) is 16.1. The number of aryl methyl sites for hydroxylation is 2. The number of fused-ring (bicyclic) bond motifs is 6. The number of aromatic nitrogens is 6. The molecule has 0 bridgehead atoms. The number of phenols is 2. The summed E-state index contributed by atoms with van der Waals surface area (Å²) in [5.74, 6) is 0.602. The minimum atomic E-state index is -0.877. The number of benzene rings is 13. The largest absolute Gasteiger partial charge is 2.00 e. The summed E-state index contributed by atoms with van der Waals surface area (Å²) in [5.41, 5.74) is 25.9. The fraction of sp³-hybridized carbons (Fsp3) is 0.0984. The van der Waals surface area contributed by atoms with Gasteiger partial charge >= 0.3 is 33.0 Å². The fourth-order valence-electron chi connectivity index (χ4n) is 16.1. The van der Waals surface area contributed by atoms with Crippen LogP contribution < -0.4 is 26.5 Å². The van der Waals surface area contributed by atoms with Gasteiger partial charge in [0.1, 0.15) is 11.5 Å². The summed E-state index contributed by atoms with van der Waals surface area (Å²) in [6, 6.07) is 157. The number of pyridine rings is 6. The van der Waals surface area contributed by atoms with Crippen LogP contribution in [-0.4, -0.2) is 56.2 Å². The van der Waals surface area contributed by atoms with Crippen molar-refractivity contribution in [1.29, 1.82) is 0 Å². The Morgan fingerprint density at radius 2 is 0.632 bits per heavy atom. The zero-order valence-electron chi connectivity index (χ0n) is 76.6. The molecule has 6 heterocycles. The van der Waals surface area contributed by atoms with E-state index in [0.717, 1.165) is 150 Å². The quantitative estimate of drug-likeness (QED) is 0.0558. The molecule has 1 atom stereocenters. The molecule has 136 heavy (non-hydrogen) atoms. The first-order chi connectivity index (χ1) is 65.1. The van der Waals surface area contributed by atoms with Crippen LogP contribution in [0.15, 0.2) is 431 Å². The van der Waals surface area contributed by atoms with Crippen LogP contribution in [0.4, 0.5) is 0 Å². The molecule has 0 spiro atoms. The third-order valence-electron chi connectivity index (χ3n) is 22.1. The molecule has 0 amide bonds. The second kappa shape index (κ2) is 54.8. The van der Waals surface area contributed by atoms with Gasteiger partial charge in [0.15, 0.2) is 16.1 Å². The van der Waals surface area contributed by atoms with Gasteiger partial charge in [0, 0.05) is 108 Å². The Kier molecular flexibility index (Phi) is 42.2. The second-order valence-corrected chi connectivity index (χ2v) is 33.9. The van der Waals surface area contributed by atoms with Crippen LogP contribution in [-0.2, 0) is 84.2 Å². The summed E-state index contributed by atoms with van der Waals surface area (Å²) < 4.78 is 0. The molecule has 0 fully saturated rings. The van der Waals surface area contributed by atoms with E-state index in [-0.39, 0.29) is 71.4 Å². The molecule has 21 rings (SSSR count). The molecule has 14 heteroatoms. The number of hydrogen-bond acceptors (Lipinski definition) is 8. The van der Waals surface area contributed by atoms with E-state index < -0.39 is 8.80 Å². The first kappa shape index (κ1) is 105. The Balaban J connectivity index is 0.000000169. The van der Waals surface area contributed by atoms with Gasteiger partial charge in [-0.2, -0.15) is 112 Å². The smallest absolute Gasteiger partial charge is 0.507 e. The van der Waals surface area contributed by atoms with Crippen molar-refractivity contribution in [2.45, 2.75) is 79.1 Å². The van der Waals surface area contributed by atoms with Crippen LogP contribution in [0.5, 0.6) is 11.5 Å². The van der Waals surface area contributed by atoms with Crippen molar-refractivity contribution in [2.24, 2.45) is 0 Å². The van der Waals surface area contributed by atoms with Crippen molar-refractivity contribution in [3.05, 3.63) is 503 Å². The average molecular weight is 1960 g/mol. The van der Waals surface area contributed by atoms with Crippen molar-refractivity contribution >= 4 is 42.6 Å². The molecule has 6 aromatic heterocycles. The van der Waals surface area contributed by atoms with E-state index in [1.54, 1.807) is 36.9 Å². The van der Waals surface area contributed by atoms with E-state index in [9.17, 15) is 10.2 Å². The van der Waals surface area contributed by atoms with Crippen LogP contribution in [0.3, 0.4) is 0 Å². The topological polar surface area (TPSA) is 118 Å². The van der Waals surface area contributed by atoms with Gasteiger partial charge in [0.05, 0.1) is 11.4 Å². The maximum absolute atomic E-state index is 10.8. The van der Waals surface area contributed by atoms with Crippen LogP contribution in [0.25, 0.3) is 112 Å². The standard InChI is InChI=1S/C28H25N2O.C24H17N2O.C18H15Si.2C17H11N.C12H10B.2C3H7.4Ni/c1-3-16-28(4-2)21-11-8-13-25(31)26(21)27-22(28)14-15-24(30-27)20-10-7-9-19(18-20)23-12-5-6-17-29-23;27-22-9-4-5-16-10-11-17-12-13-21(26-24(17)23(16)22)19-7-3-6-18(15-19)20-8-1-2-14-25-20;1-4-10-16(11-5-1)19(17-12-6-2-7-13-17)18-14-8-3-9-15-18;2*1-2-7-14(8-3-1)15-9-6-10-16(13-15)17-11-4-5-12-18-17;1-3-7-11(8-4-1)13-12-9-5-2-6-10-12;2*1-3-2;;;;/h5-15,17,31H,3-4,16H2,1-2H3;1-9,12-14,27H,10-11H2;1-15H;2*1-7,9-12H;1-10H;2*3H,1-2H3;;;;/q2*-1;;2*-2;;2*-1;;;2*+2. The van der Waals surface area contributed by atoms with E-state index in [0.29, 0.717) is 11.5 Å². The average Bonchev–Trinajstić information content (AvgIpc) is 1.56. The normalized spacial score (nSPS) is 11.6. The Morgan fingerprint density at radius 1 is 0.309 bits per heavy atom. The van der Waals surface area contributed by atoms with Gasteiger partial charge in [0.2, 0.25) is 0 Å². The molecule has 1 unspecified atom stereocenters. The molecule has 0 saturated carbocycles. The van der Waals surface area contributed by atoms with E-state index in [2.05, 4.69) is 247 Å². The third-order valence-corrected chi connectivity index (χ3v) is 24.8. The van der Waals surface area contributed by atoms with Crippen LogP contribution in [0.2, 0.25) is 0 Å². The molecule has 2 aliphatic rings. The maximum Gasteiger partial charge on any atom is 2.00 e. The second-order valence-electron chi connectivity index (χ2n) is 31.4. The van der Waals surface area contributed by atoms with Gasteiger partial charge in [0.25, 0.3) is 0 Å². The molecular formula is C122H103BN6Ni4O2Si-4. The third kappa shape index (κ3) is 27.9. The van der Waals surface area contributed by atoms with Gasteiger partial charge in [-0.1, -0.05) is 318 Å². The molecule has 0 aliphatic heterocycles. The summed E-state index contributed by atoms with van der Waals surface area (Å²) in [5, 5.41) is 25.5. The van der Waals surface area contributed by atoms with E-state index in [4.69, 9.17) is 9.97 Å². The predicted molar refractivity (Wildman–Crippen MR) is 550 cm³/mol. The number of phenolic OH excluding ortho intramolecular Hbond substituents is 2. The predicted octanol–water partition coefficient (Wildman–Crippen LogP) is 25.9. The Morgan fingerprint density at radius 3 is 1.01 bits per heavy atom. The molecule has 2 N–H and O–H groups in total. The maximum atomic E-state index is 10.8. The number of hydrogen-bond donors (Lipinski definition) is 2. The molecule has 8 nitrogen and oxygen atoms in total. The Bertz CT molecular complexity index is 6380. The number of nitrogens with zero attached hydrogens (tertiary/aromatic N) is 6. The van der Waals surface area contributed by atoms with E-state index >= 15 is 0 Å². The summed E-state index contributed by atoms with van der Waals surface area (Å²) in [7, 11) is 1.29. The summed E-state index contributed by atoms with van der Waals surface area (Å²) >= 11 is 0. The van der Waals surface area contributed by atoms with E-state index in [1.165, 1.54) is 43.2 Å². The number of rotatable bonds is 16. The van der Waals surface area contributed by atoms with Crippen molar-refractivity contribution in [3.63, 3.8) is 0 Å². The van der Waals surface area contributed by atoms with Crippen molar-refractivity contribution in [1.82, 2.24) is 29.9 Å². The monoisotopic (exact) mass is 1950 g/mol. The van der Waals surface area contributed by atoms with Crippen molar-refractivity contribution in [3.8, 4) is 124 Å².